The second-order valence-electron chi connectivity index (χ2n) is 3.98. The Hall–Kier alpha value is -1.00. The van der Waals surface area contributed by atoms with E-state index in [2.05, 4.69) is 10.6 Å². The molecule has 0 saturated carbocycles. The molecule has 0 spiro atoms. The van der Waals surface area contributed by atoms with E-state index in [1.54, 1.807) is 12.1 Å². The largest absolute Gasteiger partial charge is 0.456 e. The molecule has 2 rings (SSSR count). The topological polar surface area (TPSA) is 54.3 Å². The minimum Gasteiger partial charge on any atom is -0.456 e. The standard InChI is InChI=1S/C11H16N2O2.ClH/c1-8-2-3-10(15-8)11(14)13-7-9-4-5-12-6-9;/h2-3,9,12H,4-7H2,1H3,(H,13,14);1H. The minimum absolute atomic E-state index is 0. The lowest BCUT2D eigenvalue weighted by Crippen LogP contribution is -2.29. The number of halogens is 1. The van der Waals surface area contributed by atoms with Crippen molar-refractivity contribution in [1.29, 1.82) is 0 Å². The number of rotatable bonds is 3. The molecule has 90 valence electrons. The van der Waals surface area contributed by atoms with Gasteiger partial charge in [0.25, 0.3) is 5.91 Å². The molecule has 1 amide bonds. The number of hydrogen-bond acceptors (Lipinski definition) is 3. The highest BCUT2D eigenvalue weighted by atomic mass is 35.5. The quantitative estimate of drug-likeness (QED) is 0.844. The molecule has 1 unspecified atom stereocenters. The Labute approximate surface area is 101 Å². The van der Waals surface area contributed by atoms with Gasteiger partial charge in [-0.15, -0.1) is 12.4 Å². The van der Waals surface area contributed by atoms with E-state index in [1.165, 1.54) is 0 Å². The van der Waals surface area contributed by atoms with Crippen molar-refractivity contribution in [3.8, 4) is 0 Å². The summed E-state index contributed by atoms with van der Waals surface area (Å²) in [7, 11) is 0. The summed E-state index contributed by atoms with van der Waals surface area (Å²) in [6, 6.07) is 3.50. The van der Waals surface area contributed by atoms with Crippen LogP contribution >= 0.6 is 12.4 Å². The smallest absolute Gasteiger partial charge is 0.287 e. The normalized spacial score (nSPS) is 19.2. The van der Waals surface area contributed by atoms with Gasteiger partial charge in [0.1, 0.15) is 5.76 Å². The zero-order valence-corrected chi connectivity index (χ0v) is 10.1. The van der Waals surface area contributed by atoms with E-state index in [0.29, 0.717) is 11.7 Å². The molecule has 0 bridgehead atoms. The Morgan fingerprint density at radius 1 is 1.62 bits per heavy atom. The van der Waals surface area contributed by atoms with E-state index < -0.39 is 0 Å². The summed E-state index contributed by atoms with van der Waals surface area (Å²) in [6.07, 6.45) is 1.14. The van der Waals surface area contributed by atoms with Crippen LogP contribution in [-0.4, -0.2) is 25.5 Å². The molecule has 1 atom stereocenters. The molecule has 1 aliphatic heterocycles. The summed E-state index contributed by atoms with van der Waals surface area (Å²) in [6.45, 7) is 4.61. The summed E-state index contributed by atoms with van der Waals surface area (Å²) >= 11 is 0. The maximum Gasteiger partial charge on any atom is 0.287 e. The zero-order valence-electron chi connectivity index (χ0n) is 9.29. The first-order chi connectivity index (χ1) is 7.25. The summed E-state index contributed by atoms with van der Waals surface area (Å²) in [4.78, 5) is 11.6. The molecule has 2 N–H and O–H groups in total. The molecule has 0 aliphatic carbocycles. The third-order valence-corrected chi connectivity index (χ3v) is 2.68. The average Bonchev–Trinajstić information content (AvgIpc) is 2.84. The molecule has 0 aromatic carbocycles. The van der Waals surface area contributed by atoms with Crippen LogP contribution in [0.3, 0.4) is 0 Å². The highest BCUT2D eigenvalue weighted by molar-refractivity contribution is 5.91. The highest BCUT2D eigenvalue weighted by Crippen LogP contribution is 2.08. The summed E-state index contributed by atoms with van der Waals surface area (Å²) in [5, 5.41) is 6.15. The maximum absolute atomic E-state index is 11.6. The molecule has 1 aliphatic rings. The minimum atomic E-state index is -0.116. The van der Waals surface area contributed by atoms with Crippen LogP contribution in [0, 0.1) is 12.8 Å². The Morgan fingerprint density at radius 3 is 3.00 bits per heavy atom. The summed E-state index contributed by atoms with van der Waals surface area (Å²) in [5.41, 5.74) is 0. The predicted molar refractivity (Wildman–Crippen MR) is 64.0 cm³/mol. The molecular formula is C11H17ClN2O2. The number of furan rings is 1. The predicted octanol–water partition coefficient (Wildman–Crippen LogP) is 1.35. The first-order valence-corrected chi connectivity index (χ1v) is 5.31. The van der Waals surface area contributed by atoms with Crippen molar-refractivity contribution in [1.82, 2.24) is 10.6 Å². The van der Waals surface area contributed by atoms with Crippen molar-refractivity contribution in [2.45, 2.75) is 13.3 Å². The van der Waals surface area contributed by atoms with Crippen molar-refractivity contribution in [2.75, 3.05) is 19.6 Å². The third kappa shape index (κ3) is 3.25. The molecule has 1 aromatic heterocycles. The summed E-state index contributed by atoms with van der Waals surface area (Å²) < 4.78 is 5.23. The maximum atomic E-state index is 11.6. The molecular weight excluding hydrogens is 228 g/mol. The average molecular weight is 245 g/mol. The van der Waals surface area contributed by atoms with Crippen LogP contribution in [0.1, 0.15) is 22.7 Å². The lowest BCUT2D eigenvalue weighted by molar-refractivity contribution is 0.0919. The Bertz CT molecular complexity index is 346. The lowest BCUT2D eigenvalue weighted by atomic mass is 10.1. The molecule has 1 aromatic rings. The van der Waals surface area contributed by atoms with Crippen LogP contribution < -0.4 is 10.6 Å². The van der Waals surface area contributed by atoms with Crippen LogP contribution in [0.5, 0.6) is 0 Å². The lowest BCUT2D eigenvalue weighted by Gasteiger charge is -2.08. The number of nitrogens with one attached hydrogen (secondary N) is 2. The zero-order chi connectivity index (χ0) is 10.7. The van der Waals surface area contributed by atoms with Crippen LogP contribution in [0.2, 0.25) is 0 Å². The molecule has 1 saturated heterocycles. The van der Waals surface area contributed by atoms with E-state index in [9.17, 15) is 4.79 Å². The number of hydrogen-bond donors (Lipinski definition) is 2. The Kier molecular flexibility index (Phi) is 4.83. The monoisotopic (exact) mass is 244 g/mol. The number of carbonyl (C=O) groups is 1. The van der Waals surface area contributed by atoms with Gasteiger partial charge in [-0.25, -0.2) is 0 Å². The SMILES string of the molecule is Cc1ccc(C(=O)NCC2CCNC2)o1.Cl. The van der Waals surface area contributed by atoms with Crippen molar-refractivity contribution in [3.05, 3.63) is 23.7 Å². The van der Waals surface area contributed by atoms with E-state index in [-0.39, 0.29) is 18.3 Å². The van der Waals surface area contributed by atoms with Crippen molar-refractivity contribution in [2.24, 2.45) is 5.92 Å². The first-order valence-electron chi connectivity index (χ1n) is 5.31. The molecule has 1 fully saturated rings. The Balaban J connectivity index is 0.00000128. The van der Waals surface area contributed by atoms with E-state index >= 15 is 0 Å². The molecule has 0 radical (unpaired) electrons. The fourth-order valence-corrected chi connectivity index (χ4v) is 1.77. The van der Waals surface area contributed by atoms with E-state index in [4.69, 9.17) is 4.42 Å². The second kappa shape index (κ2) is 5.92. The van der Waals surface area contributed by atoms with E-state index in [1.807, 2.05) is 6.92 Å². The Morgan fingerprint density at radius 2 is 2.44 bits per heavy atom. The molecule has 16 heavy (non-hydrogen) atoms. The summed E-state index contributed by atoms with van der Waals surface area (Å²) in [5.74, 6) is 1.61. The van der Waals surface area contributed by atoms with Crippen LogP contribution in [0.15, 0.2) is 16.5 Å². The van der Waals surface area contributed by atoms with Gasteiger partial charge in [-0.2, -0.15) is 0 Å². The van der Waals surface area contributed by atoms with E-state index in [0.717, 1.165) is 31.8 Å². The second-order valence-corrected chi connectivity index (χ2v) is 3.98. The van der Waals surface area contributed by atoms with Crippen molar-refractivity contribution >= 4 is 18.3 Å². The molecule has 5 heteroatoms. The van der Waals surface area contributed by atoms with Gasteiger partial charge < -0.3 is 15.1 Å². The van der Waals surface area contributed by atoms with Crippen LogP contribution in [-0.2, 0) is 0 Å². The van der Waals surface area contributed by atoms with Gasteiger partial charge >= 0.3 is 0 Å². The van der Waals surface area contributed by atoms with Crippen LogP contribution in [0.4, 0.5) is 0 Å². The number of amides is 1. The van der Waals surface area contributed by atoms with Crippen molar-refractivity contribution < 1.29 is 9.21 Å². The van der Waals surface area contributed by atoms with Gasteiger partial charge in [0.15, 0.2) is 5.76 Å². The van der Waals surface area contributed by atoms with Gasteiger partial charge in [-0.05, 0) is 44.5 Å². The van der Waals surface area contributed by atoms with Gasteiger partial charge in [0, 0.05) is 6.54 Å². The number of carbonyl (C=O) groups excluding carboxylic acids is 1. The third-order valence-electron chi connectivity index (χ3n) is 2.68. The fraction of sp³-hybridized carbons (Fsp3) is 0.545. The van der Waals surface area contributed by atoms with Gasteiger partial charge in [0.2, 0.25) is 0 Å². The van der Waals surface area contributed by atoms with Crippen LogP contribution in [0.25, 0.3) is 0 Å². The highest BCUT2D eigenvalue weighted by Gasteiger charge is 2.16. The number of aryl methyl sites for hydroxylation is 1. The molecule has 4 nitrogen and oxygen atoms in total. The first kappa shape index (κ1) is 13.1. The van der Waals surface area contributed by atoms with Gasteiger partial charge in [-0.1, -0.05) is 0 Å². The van der Waals surface area contributed by atoms with Gasteiger partial charge in [0.05, 0.1) is 0 Å². The van der Waals surface area contributed by atoms with Crippen molar-refractivity contribution in [3.63, 3.8) is 0 Å². The fourth-order valence-electron chi connectivity index (χ4n) is 1.77. The van der Waals surface area contributed by atoms with Gasteiger partial charge in [-0.3, -0.25) is 4.79 Å². The molecule has 2 heterocycles.